The van der Waals surface area contributed by atoms with Crippen LogP contribution in [0.15, 0.2) is 54.6 Å². The van der Waals surface area contributed by atoms with Crippen LogP contribution in [-0.4, -0.2) is 18.0 Å². The van der Waals surface area contributed by atoms with Crippen LogP contribution in [0.25, 0.3) is 6.08 Å². The number of anilines is 1. The molecule has 4 nitrogen and oxygen atoms in total. The van der Waals surface area contributed by atoms with Crippen molar-refractivity contribution in [3.63, 3.8) is 0 Å². The van der Waals surface area contributed by atoms with Crippen molar-refractivity contribution in [1.29, 1.82) is 0 Å². The molecule has 0 bridgehead atoms. The Labute approximate surface area is 161 Å². The van der Waals surface area contributed by atoms with Gasteiger partial charge in [-0.15, -0.1) is 0 Å². The molecule has 1 N–H and O–H groups in total. The Kier molecular flexibility index (Phi) is 7.35. The molecular formula is C23H27NO3. The highest BCUT2D eigenvalue weighted by molar-refractivity contribution is 5.96. The lowest BCUT2D eigenvalue weighted by Crippen LogP contribution is -2.29. The maximum Gasteiger partial charge on any atom is 0.331 e. The first kappa shape index (κ1) is 20.4. The van der Waals surface area contributed by atoms with Crippen molar-refractivity contribution in [2.24, 2.45) is 0 Å². The van der Waals surface area contributed by atoms with Gasteiger partial charge < -0.3 is 10.1 Å². The average Bonchev–Trinajstić information content (AvgIpc) is 2.67. The summed E-state index contributed by atoms with van der Waals surface area (Å²) in [6, 6.07) is 15.6. The number of carbonyl (C=O) groups is 2. The van der Waals surface area contributed by atoms with Gasteiger partial charge in [0.05, 0.1) is 0 Å². The topological polar surface area (TPSA) is 55.4 Å². The summed E-state index contributed by atoms with van der Waals surface area (Å²) in [6.07, 6.45) is 3.08. The fraction of sp³-hybridized carbons (Fsp3) is 0.304. The number of esters is 1. The van der Waals surface area contributed by atoms with Crippen LogP contribution in [0.4, 0.5) is 5.69 Å². The van der Waals surface area contributed by atoms with Crippen molar-refractivity contribution in [3.05, 3.63) is 71.3 Å². The maximum atomic E-state index is 12.2. The van der Waals surface area contributed by atoms with Crippen LogP contribution >= 0.6 is 0 Å². The molecule has 142 valence electrons. The highest BCUT2D eigenvalue weighted by Crippen LogP contribution is 2.15. The SMILES string of the molecule is CCc1ccc(NC(=O)[C@@H](C)OC(=O)/C=C/c2ccc(C(C)C)cc2)cc1. The smallest absolute Gasteiger partial charge is 0.331 e. The lowest BCUT2D eigenvalue weighted by Gasteiger charge is -2.12. The third-order valence-corrected chi connectivity index (χ3v) is 4.31. The van der Waals surface area contributed by atoms with E-state index in [0.717, 1.165) is 12.0 Å². The van der Waals surface area contributed by atoms with Gasteiger partial charge in [0, 0.05) is 11.8 Å². The highest BCUT2D eigenvalue weighted by Gasteiger charge is 2.16. The second-order valence-corrected chi connectivity index (χ2v) is 6.77. The van der Waals surface area contributed by atoms with Crippen molar-refractivity contribution < 1.29 is 14.3 Å². The van der Waals surface area contributed by atoms with E-state index in [1.54, 1.807) is 13.0 Å². The molecule has 0 aliphatic rings. The molecule has 0 heterocycles. The molecule has 2 rings (SSSR count). The van der Waals surface area contributed by atoms with Crippen LogP contribution in [0.3, 0.4) is 0 Å². The van der Waals surface area contributed by atoms with Gasteiger partial charge in [0.1, 0.15) is 0 Å². The predicted octanol–water partition coefficient (Wildman–Crippen LogP) is 4.96. The summed E-state index contributed by atoms with van der Waals surface area (Å²) in [5.41, 5.74) is 4.02. The highest BCUT2D eigenvalue weighted by atomic mass is 16.5. The van der Waals surface area contributed by atoms with Gasteiger partial charge in [-0.3, -0.25) is 4.79 Å². The Hall–Kier alpha value is -2.88. The van der Waals surface area contributed by atoms with Gasteiger partial charge in [0.15, 0.2) is 6.10 Å². The molecule has 1 atom stereocenters. The number of amides is 1. The van der Waals surface area contributed by atoms with Crippen LogP contribution in [0.1, 0.15) is 50.3 Å². The Morgan fingerprint density at radius 3 is 2.19 bits per heavy atom. The molecule has 27 heavy (non-hydrogen) atoms. The monoisotopic (exact) mass is 365 g/mol. The number of nitrogens with one attached hydrogen (secondary N) is 1. The molecule has 1 amide bonds. The third-order valence-electron chi connectivity index (χ3n) is 4.31. The number of hydrogen-bond donors (Lipinski definition) is 1. The van der Waals surface area contributed by atoms with E-state index in [0.29, 0.717) is 11.6 Å². The van der Waals surface area contributed by atoms with Crippen molar-refractivity contribution in [2.75, 3.05) is 5.32 Å². The van der Waals surface area contributed by atoms with Crippen LogP contribution in [0.5, 0.6) is 0 Å². The molecule has 0 saturated carbocycles. The van der Waals surface area contributed by atoms with E-state index < -0.39 is 12.1 Å². The number of aryl methyl sites for hydroxylation is 1. The Morgan fingerprint density at radius 1 is 1.00 bits per heavy atom. The normalized spacial score (nSPS) is 12.2. The summed E-state index contributed by atoms with van der Waals surface area (Å²) >= 11 is 0. The number of rotatable bonds is 7. The third kappa shape index (κ3) is 6.41. The minimum atomic E-state index is -0.878. The predicted molar refractivity (Wildman–Crippen MR) is 110 cm³/mol. The van der Waals surface area contributed by atoms with E-state index >= 15 is 0 Å². The average molecular weight is 365 g/mol. The van der Waals surface area contributed by atoms with Gasteiger partial charge in [-0.05, 0) is 54.2 Å². The summed E-state index contributed by atoms with van der Waals surface area (Å²) in [6.45, 7) is 7.89. The second kappa shape index (κ2) is 9.72. The summed E-state index contributed by atoms with van der Waals surface area (Å²) in [4.78, 5) is 24.1. The van der Waals surface area contributed by atoms with Crippen LogP contribution in [0.2, 0.25) is 0 Å². The summed E-state index contributed by atoms with van der Waals surface area (Å²) in [5.74, 6) is -0.445. The number of carbonyl (C=O) groups excluding carboxylic acids is 2. The molecule has 0 radical (unpaired) electrons. The summed E-state index contributed by atoms with van der Waals surface area (Å²) < 4.78 is 5.18. The number of hydrogen-bond acceptors (Lipinski definition) is 3. The molecule has 0 aromatic heterocycles. The van der Waals surface area contributed by atoms with Crippen molar-refractivity contribution >= 4 is 23.6 Å². The van der Waals surface area contributed by atoms with Crippen LogP contribution < -0.4 is 5.32 Å². The van der Waals surface area contributed by atoms with Gasteiger partial charge in [-0.25, -0.2) is 4.79 Å². The van der Waals surface area contributed by atoms with E-state index in [1.165, 1.54) is 17.2 Å². The minimum absolute atomic E-state index is 0.359. The zero-order valence-electron chi connectivity index (χ0n) is 16.4. The van der Waals surface area contributed by atoms with Gasteiger partial charge in [-0.2, -0.15) is 0 Å². The largest absolute Gasteiger partial charge is 0.449 e. The van der Waals surface area contributed by atoms with Gasteiger partial charge in [0.25, 0.3) is 5.91 Å². The minimum Gasteiger partial charge on any atom is -0.449 e. The molecule has 2 aromatic rings. The quantitative estimate of drug-likeness (QED) is 0.557. The lowest BCUT2D eigenvalue weighted by atomic mass is 10.0. The number of benzene rings is 2. The van der Waals surface area contributed by atoms with Crippen LogP contribution in [0, 0.1) is 0 Å². The van der Waals surface area contributed by atoms with E-state index in [2.05, 4.69) is 26.1 Å². The van der Waals surface area contributed by atoms with Gasteiger partial charge >= 0.3 is 5.97 Å². The van der Waals surface area contributed by atoms with Crippen molar-refractivity contribution in [2.45, 2.75) is 46.1 Å². The maximum absolute atomic E-state index is 12.2. The van der Waals surface area contributed by atoms with E-state index in [1.807, 2.05) is 48.5 Å². The Morgan fingerprint density at radius 2 is 1.63 bits per heavy atom. The molecule has 0 spiro atoms. The summed E-state index contributed by atoms with van der Waals surface area (Å²) in [7, 11) is 0. The summed E-state index contributed by atoms with van der Waals surface area (Å²) in [5, 5.41) is 2.75. The molecule has 0 fully saturated rings. The first-order valence-corrected chi connectivity index (χ1v) is 9.27. The van der Waals surface area contributed by atoms with E-state index in [9.17, 15) is 9.59 Å². The molecular weight excluding hydrogens is 338 g/mol. The first-order chi connectivity index (χ1) is 12.9. The Balaban J connectivity index is 1.86. The standard InChI is InChI=1S/C23H27NO3/c1-5-18-8-13-21(14-9-18)24-23(26)17(4)27-22(25)15-10-19-6-11-20(12-7-19)16(2)3/h6-17H,5H2,1-4H3,(H,24,26)/b15-10+/t17-/m1/s1. The molecule has 4 heteroatoms. The molecule has 0 saturated heterocycles. The zero-order chi connectivity index (χ0) is 19.8. The molecule has 0 aliphatic carbocycles. The van der Waals surface area contributed by atoms with Crippen LogP contribution in [-0.2, 0) is 20.7 Å². The second-order valence-electron chi connectivity index (χ2n) is 6.77. The number of ether oxygens (including phenoxy) is 1. The van der Waals surface area contributed by atoms with Gasteiger partial charge in [0.2, 0.25) is 0 Å². The lowest BCUT2D eigenvalue weighted by molar-refractivity contribution is -0.148. The first-order valence-electron chi connectivity index (χ1n) is 9.27. The van der Waals surface area contributed by atoms with Gasteiger partial charge in [-0.1, -0.05) is 57.2 Å². The van der Waals surface area contributed by atoms with E-state index in [4.69, 9.17) is 4.74 Å². The van der Waals surface area contributed by atoms with E-state index in [-0.39, 0.29) is 5.91 Å². The zero-order valence-corrected chi connectivity index (χ0v) is 16.4. The van der Waals surface area contributed by atoms with Crippen molar-refractivity contribution in [3.8, 4) is 0 Å². The van der Waals surface area contributed by atoms with Crippen molar-refractivity contribution in [1.82, 2.24) is 0 Å². The molecule has 0 aliphatic heterocycles. The molecule has 2 aromatic carbocycles. The molecule has 0 unspecified atom stereocenters. The fourth-order valence-electron chi connectivity index (χ4n) is 2.49. The Bertz CT molecular complexity index is 789. The fourth-order valence-corrected chi connectivity index (χ4v) is 2.49.